The number of hydrogen-bond acceptors (Lipinski definition) is 0. The molecule has 0 amide bonds. The van der Waals surface area contributed by atoms with Crippen LogP contribution in [0.5, 0.6) is 0 Å². The molecule has 0 saturated carbocycles. The van der Waals surface area contributed by atoms with E-state index in [0.29, 0.717) is 0 Å². The van der Waals surface area contributed by atoms with Gasteiger partial charge in [-0.25, -0.2) is 0 Å². The first-order valence-electron chi connectivity index (χ1n) is 5.32. The molecule has 0 N–H and O–H groups in total. The average Bonchev–Trinajstić information content (AvgIpc) is 2.25. The van der Waals surface area contributed by atoms with Crippen molar-refractivity contribution in [3.8, 4) is 0 Å². The zero-order valence-electron chi connectivity index (χ0n) is 9.04. The van der Waals surface area contributed by atoms with Crippen LogP contribution < -0.4 is 0 Å². The number of allylic oxidation sites excluding steroid dienone is 2. The van der Waals surface area contributed by atoms with E-state index in [2.05, 4.69) is 56.7 Å². The zero-order chi connectivity index (χ0) is 10.4. The number of benzene rings is 2. The third-order valence-electron chi connectivity index (χ3n) is 3.19. The van der Waals surface area contributed by atoms with Crippen molar-refractivity contribution in [2.45, 2.75) is 13.8 Å². The molecule has 0 saturated heterocycles. The zero-order valence-corrected chi connectivity index (χ0v) is 9.04. The molecule has 0 spiro atoms. The van der Waals surface area contributed by atoms with Gasteiger partial charge in [-0.3, -0.25) is 0 Å². The first kappa shape index (κ1) is 8.72. The second kappa shape index (κ2) is 2.96. The lowest BCUT2D eigenvalue weighted by molar-refractivity contribution is 1.40. The van der Waals surface area contributed by atoms with E-state index in [4.69, 9.17) is 0 Å². The Morgan fingerprint density at radius 3 is 2.67 bits per heavy atom. The maximum absolute atomic E-state index is 2.21. The van der Waals surface area contributed by atoms with E-state index in [1.54, 1.807) is 0 Å². The maximum Gasteiger partial charge on any atom is 0.0134 e. The topological polar surface area (TPSA) is 0 Å². The van der Waals surface area contributed by atoms with E-state index in [-0.39, 0.29) is 0 Å². The van der Waals surface area contributed by atoms with Crippen LogP contribution in [0.1, 0.15) is 23.6 Å². The predicted octanol–water partition coefficient (Wildman–Crippen LogP) is 4.12. The molecule has 1 radical (unpaired) electrons. The minimum atomic E-state index is 1.34. The SMILES string of the molecule is CC1=C[CH]c2cccc3ccc(C)c1c23. The summed E-state index contributed by atoms with van der Waals surface area (Å²) in [6, 6.07) is 10.9. The van der Waals surface area contributed by atoms with Gasteiger partial charge in [-0.1, -0.05) is 36.4 Å². The van der Waals surface area contributed by atoms with Crippen molar-refractivity contribution in [3.05, 3.63) is 59.5 Å². The molecular formula is C15H13. The van der Waals surface area contributed by atoms with Crippen molar-refractivity contribution in [2.24, 2.45) is 0 Å². The van der Waals surface area contributed by atoms with E-state index < -0.39 is 0 Å². The first-order chi connectivity index (χ1) is 7.27. The molecule has 3 rings (SSSR count). The molecular weight excluding hydrogens is 180 g/mol. The Hall–Kier alpha value is -1.56. The van der Waals surface area contributed by atoms with E-state index in [1.807, 2.05) is 0 Å². The van der Waals surface area contributed by atoms with Crippen molar-refractivity contribution in [1.82, 2.24) is 0 Å². The summed E-state index contributed by atoms with van der Waals surface area (Å²) >= 11 is 0. The Bertz CT molecular complexity index is 574. The third kappa shape index (κ3) is 1.14. The highest BCUT2D eigenvalue weighted by molar-refractivity contribution is 6.00. The smallest absolute Gasteiger partial charge is 0.0134 e. The van der Waals surface area contributed by atoms with Gasteiger partial charge in [0.25, 0.3) is 0 Å². The standard InChI is InChI=1S/C15H13/c1-10-6-8-12-4-3-5-13-9-7-11(2)14(10)15(12)13/h3-9H,1-2H3. The van der Waals surface area contributed by atoms with Crippen LogP contribution >= 0.6 is 0 Å². The summed E-state index contributed by atoms with van der Waals surface area (Å²) in [4.78, 5) is 0. The second-order valence-electron chi connectivity index (χ2n) is 4.22. The van der Waals surface area contributed by atoms with Crippen LogP contribution in [0.25, 0.3) is 16.3 Å². The summed E-state index contributed by atoms with van der Waals surface area (Å²) in [5, 5.41) is 2.76. The largest absolute Gasteiger partial charge is 0.0725 e. The molecule has 0 aromatic heterocycles. The van der Waals surface area contributed by atoms with Gasteiger partial charge in [0, 0.05) is 6.42 Å². The van der Waals surface area contributed by atoms with Gasteiger partial charge >= 0.3 is 0 Å². The molecule has 73 valence electrons. The lowest BCUT2D eigenvalue weighted by atomic mass is 9.86. The number of hydrogen-bond donors (Lipinski definition) is 0. The van der Waals surface area contributed by atoms with Crippen LogP contribution in [0.4, 0.5) is 0 Å². The molecule has 0 fully saturated rings. The molecule has 2 aromatic carbocycles. The van der Waals surface area contributed by atoms with Gasteiger partial charge in [-0.2, -0.15) is 0 Å². The Labute approximate surface area is 90.2 Å². The molecule has 0 bridgehead atoms. The molecule has 0 nitrogen and oxygen atoms in total. The maximum atomic E-state index is 2.21. The lowest BCUT2D eigenvalue weighted by Gasteiger charge is -2.18. The third-order valence-corrected chi connectivity index (χ3v) is 3.19. The van der Waals surface area contributed by atoms with Gasteiger partial charge < -0.3 is 0 Å². The fraction of sp³-hybridized carbons (Fsp3) is 0.133. The van der Waals surface area contributed by atoms with Crippen LogP contribution in [0, 0.1) is 13.3 Å². The van der Waals surface area contributed by atoms with Gasteiger partial charge in [0.1, 0.15) is 0 Å². The summed E-state index contributed by atoms with van der Waals surface area (Å²) < 4.78 is 0. The normalized spacial score (nSPS) is 14.1. The number of rotatable bonds is 0. The fourth-order valence-electron chi connectivity index (χ4n) is 2.46. The van der Waals surface area contributed by atoms with Crippen molar-refractivity contribution >= 4 is 16.3 Å². The summed E-state index contributed by atoms with van der Waals surface area (Å²) in [7, 11) is 0. The predicted molar refractivity (Wildman–Crippen MR) is 65.7 cm³/mol. The second-order valence-corrected chi connectivity index (χ2v) is 4.22. The Morgan fingerprint density at radius 2 is 1.80 bits per heavy atom. The Morgan fingerprint density at radius 1 is 0.933 bits per heavy atom. The Kier molecular flexibility index (Phi) is 1.72. The average molecular weight is 193 g/mol. The van der Waals surface area contributed by atoms with Crippen molar-refractivity contribution in [1.29, 1.82) is 0 Å². The molecule has 15 heavy (non-hydrogen) atoms. The van der Waals surface area contributed by atoms with Gasteiger partial charge in [-0.05, 0) is 46.9 Å². The minimum absolute atomic E-state index is 1.34. The van der Waals surface area contributed by atoms with E-state index >= 15 is 0 Å². The molecule has 0 unspecified atom stereocenters. The molecule has 0 heterocycles. The first-order valence-corrected chi connectivity index (χ1v) is 5.32. The molecule has 1 aliphatic rings. The minimum Gasteiger partial charge on any atom is -0.0725 e. The van der Waals surface area contributed by atoms with Crippen LogP contribution in [0.2, 0.25) is 0 Å². The highest BCUT2D eigenvalue weighted by atomic mass is 14.2. The summed E-state index contributed by atoms with van der Waals surface area (Å²) in [6.07, 6.45) is 4.42. The van der Waals surface area contributed by atoms with Gasteiger partial charge in [0.15, 0.2) is 0 Å². The fourth-order valence-corrected chi connectivity index (χ4v) is 2.46. The highest BCUT2D eigenvalue weighted by Gasteiger charge is 2.13. The molecule has 0 atom stereocenters. The van der Waals surface area contributed by atoms with Crippen molar-refractivity contribution in [3.63, 3.8) is 0 Å². The van der Waals surface area contributed by atoms with Crippen LogP contribution in [0.3, 0.4) is 0 Å². The van der Waals surface area contributed by atoms with Gasteiger partial charge in [0.2, 0.25) is 0 Å². The quantitative estimate of drug-likeness (QED) is 0.590. The van der Waals surface area contributed by atoms with Crippen LogP contribution in [-0.4, -0.2) is 0 Å². The van der Waals surface area contributed by atoms with Crippen molar-refractivity contribution in [2.75, 3.05) is 0 Å². The summed E-state index contributed by atoms with van der Waals surface area (Å²) in [5.74, 6) is 0. The van der Waals surface area contributed by atoms with Crippen LogP contribution in [-0.2, 0) is 0 Å². The van der Waals surface area contributed by atoms with Crippen molar-refractivity contribution < 1.29 is 0 Å². The lowest BCUT2D eigenvalue weighted by Crippen LogP contribution is -1.97. The summed E-state index contributed by atoms with van der Waals surface area (Å²) in [6.45, 7) is 4.38. The molecule has 1 aliphatic carbocycles. The van der Waals surface area contributed by atoms with E-state index in [1.165, 1.54) is 33.0 Å². The molecule has 0 heteroatoms. The molecule has 2 aromatic rings. The highest BCUT2D eigenvalue weighted by Crippen LogP contribution is 2.35. The van der Waals surface area contributed by atoms with E-state index in [0.717, 1.165) is 0 Å². The van der Waals surface area contributed by atoms with Crippen LogP contribution in [0.15, 0.2) is 36.4 Å². The number of aryl methyl sites for hydroxylation is 1. The monoisotopic (exact) mass is 193 g/mol. The molecule has 0 aliphatic heterocycles. The van der Waals surface area contributed by atoms with Gasteiger partial charge in [-0.15, -0.1) is 0 Å². The van der Waals surface area contributed by atoms with Gasteiger partial charge in [0.05, 0.1) is 0 Å². The Balaban J connectivity index is 2.55. The van der Waals surface area contributed by atoms with E-state index in [9.17, 15) is 0 Å². The summed E-state index contributed by atoms with van der Waals surface area (Å²) in [5.41, 5.74) is 5.51.